The fraction of sp³-hybridized carbons (Fsp3) is 0.167. The van der Waals surface area contributed by atoms with Crippen LogP contribution < -0.4 is 5.56 Å². The van der Waals surface area contributed by atoms with E-state index in [0.29, 0.717) is 23.4 Å². The number of carboxylic acids is 1. The van der Waals surface area contributed by atoms with Gasteiger partial charge in [-0.25, -0.2) is 13.9 Å². The van der Waals surface area contributed by atoms with Crippen LogP contribution in [-0.2, 0) is 4.79 Å². The lowest BCUT2D eigenvalue weighted by Gasteiger charge is -2.13. The van der Waals surface area contributed by atoms with E-state index in [1.54, 1.807) is 19.1 Å². The molecular weight excluding hydrogens is 325 g/mol. The molecule has 0 fully saturated rings. The molecule has 0 aliphatic heterocycles. The average molecular weight is 341 g/mol. The Hall–Kier alpha value is -3.22. The second-order valence-corrected chi connectivity index (χ2v) is 5.66. The van der Waals surface area contributed by atoms with Crippen molar-refractivity contribution in [1.82, 2.24) is 9.78 Å². The van der Waals surface area contributed by atoms with Crippen molar-refractivity contribution in [3.63, 3.8) is 0 Å². The Labute approximate surface area is 142 Å². The molecule has 0 amide bonds. The highest BCUT2D eigenvalue weighted by Crippen LogP contribution is 2.17. The highest BCUT2D eigenvalue weighted by Gasteiger charge is 2.20. The summed E-state index contributed by atoms with van der Waals surface area (Å²) in [6, 6.07) is 5.12. The Morgan fingerprint density at radius 1 is 1.48 bits per heavy atom. The van der Waals surface area contributed by atoms with Crippen molar-refractivity contribution in [2.24, 2.45) is 4.99 Å². The molecule has 1 heterocycles. The summed E-state index contributed by atoms with van der Waals surface area (Å²) in [5.41, 5.74) is 1.05. The van der Waals surface area contributed by atoms with Crippen LogP contribution in [0.2, 0.25) is 0 Å². The van der Waals surface area contributed by atoms with Crippen molar-refractivity contribution >= 4 is 12.2 Å². The molecular formula is C18H16FN3O3. The number of aliphatic imine (C=N–C) groups is 1. The van der Waals surface area contributed by atoms with Crippen molar-refractivity contribution < 1.29 is 14.3 Å². The van der Waals surface area contributed by atoms with Crippen LogP contribution in [0.4, 0.5) is 4.39 Å². The number of nitrogens with zero attached hydrogens (tertiary/aromatic N) is 2. The second kappa shape index (κ2) is 6.72. The molecule has 7 heteroatoms. The van der Waals surface area contributed by atoms with Crippen molar-refractivity contribution in [3.8, 4) is 5.69 Å². The molecule has 128 valence electrons. The first kappa shape index (κ1) is 16.6. The zero-order chi connectivity index (χ0) is 18.0. The van der Waals surface area contributed by atoms with Crippen LogP contribution in [0.15, 0.2) is 57.9 Å². The molecule has 0 saturated heterocycles. The fourth-order valence-electron chi connectivity index (χ4n) is 2.65. The number of carbonyl (C=O) groups is 1. The summed E-state index contributed by atoms with van der Waals surface area (Å²) in [4.78, 5) is 28.1. The zero-order valence-corrected chi connectivity index (χ0v) is 13.4. The Morgan fingerprint density at radius 2 is 2.28 bits per heavy atom. The first-order valence-corrected chi connectivity index (χ1v) is 7.68. The lowest BCUT2D eigenvalue weighted by Crippen LogP contribution is -2.20. The number of hydrogen-bond acceptors (Lipinski definition) is 3. The summed E-state index contributed by atoms with van der Waals surface area (Å²) in [6.45, 7) is 1.70. The average Bonchev–Trinajstić information content (AvgIpc) is 2.87. The van der Waals surface area contributed by atoms with Crippen LogP contribution in [0, 0.1) is 12.7 Å². The van der Waals surface area contributed by atoms with Gasteiger partial charge in [0.05, 0.1) is 22.9 Å². The summed E-state index contributed by atoms with van der Waals surface area (Å²) in [5.74, 6) is -1.48. The van der Waals surface area contributed by atoms with Gasteiger partial charge in [-0.1, -0.05) is 18.2 Å². The van der Waals surface area contributed by atoms with Crippen molar-refractivity contribution in [3.05, 3.63) is 75.5 Å². The summed E-state index contributed by atoms with van der Waals surface area (Å²) < 4.78 is 14.6. The monoisotopic (exact) mass is 341 g/mol. The topological polar surface area (TPSA) is 87.5 Å². The minimum absolute atomic E-state index is 0.178. The molecule has 2 aromatic rings. The van der Waals surface area contributed by atoms with E-state index in [2.05, 4.69) is 10.1 Å². The summed E-state index contributed by atoms with van der Waals surface area (Å²) in [6.07, 6.45) is 6.83. The molecule has 0 saturated carbocycles. The van der Waals surface area contributed by atoms with Crippen LogP contribution in [0.25, 0.3) is 5.69 Å². The maximum Gasteiger partial charge on any atom is 0.333 e. The maximum atomic E-state index is 13.4. The molecule has 1 aliphatic rings. The Balaban J connectivity index is 1.94. The molecule has 3 rings (SSSR count). The van der Waals surface area contributed by atoms with Crippen LogP contribution in [0.3, 0.4) is 0 Å². The van der Waals surface area contributed by atoms with E-state index in [-0.39, 0.29) is 11.1 Å². The third-order valence-electron chi connectivity index (χ3n) is 3.94. The quantitative estimate of drug-likeness (QED) is 0.837. The summed E-state index contributed by atoms with van der Waals surface area (Å²) >= 11 is 0. The molecule has 1 unspecified atom stereocenters. The van der Waals surface area contributed by atoms with Gasteiger partial charge in [-0.15, -0.1) is 0 Å². The highest BCUT2D eigenvalue weighted by molar-refractivity contribution is 5.90. The number of halogens is 1. The third-order valence-corrected chi connectivity index (χ3v) is 3.94. The van der Waals surface area contributed by atoms with E-state index in [9.17, 15) is 19.1 Å². The normalized spacial score (nSPS) is 17.0. The number of aromatic amines is 1. The molecule has 1 aromatic heterocycles. The van der Waals surface area contributed by atoms with E-state index in [1.807, 2.05) is 6.08 Å². The standard InChI is InChI=1S/C18H16FN3O3/c1-11-15(10-20-16-8-3-2-7-14(16)18(24)25)17(23)22(21-11)13-6-4-5-12(19)9-13/h2-7,9-10,16,21H,8H2,1H3,(H,24,25). The maximum absolute atomic E-state index is 13.4. The van der Waals surface area contributed by atoms with E-state index in [1.165, 1.54) is 35.2 Å². The Bertz CT molecular complexity index is 966. The number of allylic oxidation sites excluding steroid dienone is 2. The second-order valence-electron chi connectivity index (χ2n) is 5.66. The first-order valence-electron chi connectivity index (χ1n) is 7.68. The lowest BCUT2D eigenvalue weighted by molar-refractivity contribution is -0.132. The van der Waals surface area contributed by atoms with E-state index < -0.39 is 17.8 Å². The van der Waals surface area contributed by atoms with Crippen molar-refractivity contribution in [2.75, 3.05) is 0 Å². The van der Waals surface area contributed by atoms with Gasteiger partial charge in [-0.2, -0.15) is 0 Å². The van der Waals surface area contributed by atoms with E-state index in [0.717, 1.165) is 0 Å². The Kier molecular flexibility index (Phi) is 4.47. The predicted molar refractivity (Wildman–Crippen MR) is 91.9 cm³/mol. The van der Waals surface area contributed by atoms with Crippen molar-refractivity contribution in [1.29, 1.82) is 0 Å². The van der Waals surface area contributed by atoms with Gasteiger partial charge in [-0.3, -0.25) is 14.9 Å². The van der Waals surface area contributed by atoms with Crippen LogP contribution >= 0.6 is 0 Å². The Morgan fingerprint density at radius 3 is 3.00 bits per heavy atom. The van der Waals surface area contributed by atoms with Gasteiger partial charge in [0.2, 0.25) is 0 Å². The first-order chi connectivity index (χ1) is 12.0. The van der Waals surface area contributed by atoms with Gasteiger partial charge in [0.25, 0.3) is 5.56 Å². The van der Waals surface area contributed by atoms with Gasteiger partial charge < -0.3 is 5.11 Å². The number of nitrogens with one attached hydrogen (secondary N) is 1. The number of aromatic nitrogens is 2. The molecule has 1 atom stereocenters. The van der Waals surface area contributed by atoms with E-state index in [4.69, 9.17) is 0 Å². The van der Waals surface area contributed by atoms with Crippen LogP contribution in [-0.4, -0.2) is 33.1 Å². The number of H-pyrrole nitrogens is 1. The molecule has 2 N–H and O–H groups in total. The summed E-state index contributed by atoms with van der Waals surface area (Å²) in [7, 11) is 0. The molecule has 0 bridgehead atoms. The molecule has 0 spiro atoms. The predicted octanol–water partition coefficient (Wildman–Crippen LogP) is 2.37. The van der Waals surface area contributed by atoms with Gasteiger partial charge in [0.1, 0.15) is 5.82 Å². The minimum Gasteiger partial charge on any atom is -0.478 e. The summed E-state index contributed by atoms with van der Waals surface area (Å²) in [5, 5.41) is 12.1. The molecule has 0 radical (unpaired) electrons. The van der Waals surface area contributed by atoms with Gasteiger partial charge in [-0.05, 0) is 37.6 Å². The zero-order valence-electron chi connectivity index (χ0n) is 13.4. The molecule has 1 aromatic carbocycles. The highest BCUT2D eigenvalue weighted by atomic mass is 19.1. The van der Waals surface area contributed by atoms with Crippen molar-refractivity contribution in [2.45, 2.75) is 19.4 Å². The van der Waals surface area contributed by atoms with E-state index >= 15 is 0 Å². The van der Waals surface area contributed by atoms with Crippen LogP contribution in [0.5, 0.6) is 0 Å². The smallest absolute Gasteiger partial charge is 0.333 e. The van der Waals surface area contributed by atoms with Crippen LogP contribution in [0.1, 0.15) is 17.7 Å². The number of rotatable bonds is 4. The number of aliphatic carboxylic acids is 1. The third kappa shape index (κ3) is 3.35. The fourth-order valence-corrected chi connectivity index (χ4v) is 2.65. The number of benzene rings is 1. The molecule has 6 nitrogen and oxygen atoms in total. The lowest BCUT2D eigenvalue weighted by atomic mass is 10.00. The van der Waals surface area contributed by atoms with Gasteiger partial charge in [0.15, 0.2) is 0 Å². The number of aryl methyl sites for hydroxylation is 1. The molecule has 1 aliphatic carbocycles. The van der Waals surface area contributed by atoms with Gasteiger partial charge >= 0.3 is 5.97 Å². The number of carboxylic acid groups (broad SMARTS) is 1. The largest absolute Gasteiger partial charge is 0.478 e. The molecule has 25 heavy (non-hydrogen) atoms. The van der Waals surface area contributed by atoms with Gasteiger partial charge in [0, 0.05) is 11.9 Å². The number of hydrogen-bond donors (Lipinski definition) is 2. The SMILES string of the molecule is Cc1[nH]n(-c2cccc(F)c2)c(=O)c1C=NC1CC=CC=C1C(=O)O. The minimum atomic E-state index is -1.03.